The number of carbonyl (C=O) groups excluding carboxylic acids is 3. The first kappa shape index (κ1) is 38.8. The fraction of sp³-hybridized carbons (Fsp3) is 0.514. The molecule has 0 spiro atoms. The van der Waals surface area contributed by atoms with E-state index in [0.717, 1.165) is 21.7 Å². The molecular formula is C37H49N7O7S. The van der Waals surface area contributed by atoms with Crippen LogP contribution in [0.1, 0.15) is 61.8 Å². The summed E-state index contributed by atoms with van der Waals surface area (Å²) < 4.78 is 5.69. The van der Waals surface area contributed by atoms with E-state index in [2.05, 4.69) is 25.5 Å². The van der Waals surface area contributed by atoms with Gasteiger partial charge in [-0.05, 0) is 42.5 Å². The van der Waals surface area contributed by atoms with Crippen molar-refractivity contribution in [2.24, 2.45) is 5.41 Å². The number of benzene rings is 1. The van der Waals surface area contributed by atoms with Gasteiger partial charge in [0.2, 0.25) is 17.7 Å². The minimum absolute atomic E-state index is 0.0155. The first-order chi connectivity index (χ1) is 24.7. The lowest BCUT2D eigenvalue weighted by Gasteiger charge is -2.36. The quantitative estimate of drug-likeness (QED) is 0.190. The molecule has 15 heteroatoms. The lowest BCUT2D eigenvalue weighted by molar-refractivity contribution is -0.144. The molecule has 2 saturated heterocycles. The molecule has 52 heavy (non-hydrogen) atoms. The zero-order valence-corrected chi connectivity index (χ0v) is 31.2. The molecule has 2 fully saturated rings. The van der Waals surface area contributed by atoms with Crippen LogP contribution in [0.2, 0.25) is 0 Å². The van der Waals surface area contributed by atoms with Crippen LogP contribution in [0.25, 0.3) is 10.4 Å². The van der Waals surface area contributed by atoms with Gasteiger partial charge in [-0.25, -0.2) is 14.8 Å². The Labute approximate surface area is 308 Å². The molecule has 14 nitrogen and oxygen atoms in total. The van der Waals surface area contributed by atoms with E-state index < -0.39 is 41.4 Å². The van der Waals surface area contributed by atoms with Crippen LogP contribution in [0, 0.1) is 12.3 Å². The number of hydrogen-bond acceptors (Lipinski definition) is 11. The zero-order valence-electron chi connectivity index (χ0n) is 30.4. The zero-order chi connectivity index (χ0) is 37.6. The SMILES string of the molecule is Cc1ncsc1-c1ccc([C@H](C)NC(=O)[C@@H]2C[C@@H](O)CN2C(=O)C(NC(=O)COCCN2CCN(c3ncccc3C(=O)O)CC2)C(C)(C)C)cc1. The number of piperazine rings is 1. The number of aliphatic hydroxyl groups is 1. The van der Waals surface area contributed by atoms with E-state index in [0.29, 0.717) is 38.5 Å². The molecule has 3 aromatic rings. The molecule has 2 aliphatic heterocycles. The number of carbonyl (C=O) groups is 4. The Hall–Kier alpha value is -4.44. The van der Waals surface area contributed by atoms with Crippen molar-refractivity contribution in [1.82, 2.24) is 30.4 Å². The Morgan fingerprint density at radius 3 is 2.38 bits per heavy atom. The third kappa shape index (κ3) is 9.50. The van der Waals surface area contributed by atoms with Gasteiger partial charge in [0.05, 0.1) is 34.8 Å². The molecule has 0 radical (unpaired) electrons. The van der Waals surface area contributed by atoms with Gasteiger partial charge in [0, 0.05) is 51.9 Å². The summed E-state index contributed by atoms with van der Waals surface area (Å²) in [7, 11) is 0. The van der Waals surface area contributed by atoms with Crippen molar-refractivity contribution in [2.45, 2.75) is 65.3 Å². The second-order valence-electron chi connectivity index (χ2n) is 14.4. The topological polar surface area (TPSA) is 178 Å². The molecular weight excluding hydrogens is 687 g/mol. The Balaban J connectivity index is 1.10. The Morgan fingerprint density at radius 2 is 1.75 bits per heavy atom. The normalized spacial score (nSPS) is 19.3. The molecule has 0 bridgehead atoms. The second kappa shape index (κ2) is 16.9. The number of pyridine rings is 1. The third-order valence-electron chi connectivity index (χ3n) is 9.53. The monoisotopic (exact) mass is 735 g/mol. The molecule has 2 aromatic heterocycles. The van der Waals surface area contributed by atoms with E-state index >= 15 is 0 Å². The van der Waals surface area contributed by atoms with E-state index in [4.69, 9.17) is 4.74 Å². The van der Waals surface area contributed by atoms with Crippen LogP contribution in [0.5, 0.6) is 0 Å². The average Bonchev–Trinajstić information content (AvgIpc) is 3.73. The standard InChI is InChI=1S/C37H49N7O7S/c1-23(25-8-10-26(11-9-25)31-24(2)39-22-52-31)40-34(47)29-19-27(45)20-44(29)35(48)32(37(3,4)5)41-30(46)21-51-18-17-42-13-15-43(16-14-42)33-28(36(49)50)7-6-12-38-33/h6-12,22-23,27,29,32,45H,13-21H2,1-5H3,(H,40,47)(H,41,46)(H,49,50)/t23-,27+,29-,32?/m0/s1. The van der Waals surface area contributed by atoms with Crippen LogP contribution >= 0.6 is 11.3 Å². The predicted octanol–water partition coefficient (Wildman–Crippen LogP) is 2.72. The number of hydrogen-bond donors (Lipinski definition) is 4. The average molecular weight is 736 g/mol. The molecule has 0 aliphatic carbocycles. The minimum Gasteiger partial charge on any atom is -0.478 e. The first-order valence-corrected chi connectivity index (χ1v) is 18.4. The van der Waals surface area contributed by atoms with Crippen LogP contribution in [-0.4, -0.2) is 124 Å². The highest BCUT2D eigenvalue weighted by atomic mass is 32.1. The summed E-state index contributed by atoms with van der Waals surface area (Å²) >= 11 is 1.57. The molecule has 5 rings (SSSR count). The highest BCUT2D eigenvalue weighted by molar-refractivity contribution is 7.13. The molecule has 4 N–H and O–H groups in total. The fourth-order valence-corrected chi connectivity index (χ4v) is 7.39. The summed E-state index contributed by atoms with van der Waals surface area (Å²) in [6.07, 6.45) is 0.808. The van der Waals surface area contributed by atoms with Crippen molar-refractivity contribution >= 4 is 40.8 Å². The number of aromatic carboxylic acids is 1. The van der Waals surface area contributed by atoms with E-state index in [-0.39, 0.29) is 43.7 Å². The van der Waals surface area contributed by atoms with E-state index in [1.807, 2.05) is 69.3 Å². The second-order valence-corrected chi connectivity index (χ2v) is 15.3. The summed E-state index contributed by atoms with van der Waals surface area (Å²) in [6.45, 7) is 12.5. The van der Waals surface area contributed by atoms with Crippen molar-refractivity contribution in [3.63, 3.8) is 0 Å². The van der Waals surface area contributed by atoms with Gasteiger partial charge >= 0.3 is 5.97 Å². The van der Waals surface area contributed by atoms with Gasteiger partial charge in [-0.15, -0.1) is 11.3 Å². The summed E-state index contributed by atoms with van der Waals surface area (Å²) in [4.78, 5) is 67.3. The number of anilines is 1. The van der Waals surface area contributed by atoms with Gasteiger partial charge in [0.25, 0.3) is 0 Å². The molecule has 4 atom stereocenters. The van der Waals surface area contributed by atoms with Gasteiger partial charge in [-0.2, -0.15) is 0 Å². The van der Waals surface area contributed by atoms with E-state index in [1.165, 1.54) is 4.90 Å². The molecule has 1 unspecified atom stereocenters. The van der Waals surface area contributed by atoms with Gasteiger partial charge in [0.15, 0.2) is 0 Å². The Kier molecular flexibility index (Phi) is 12.6. The minimum atomic E-state index is -1.01. The smallest absolute Gasteiger partial charge is 0.339 e. The van der Waals surface area contributed by atoms with Crippen molar-refractivity contribution in [3.8, 4) is 10.4 Å². The van der Waals surface area contributed by atoms with Gasteiger partial charge in [0.1, 0.15) is 30.1 Å². The molecule has 1 aromatic carbocycles. The maximum Gasteiger partial charge on any atom is 0.339 e. The molecule has 4 heterocycles. The number of aryl methyl sites for hydroxylation is 1. The third-order valence-corrected chi connectivity index (χ3v) is 10.5. The maximum atomic E-state index is 14.0. The maximum absolute atomic E-state index is 14.0. The number of likely N-dealkylation sites (tertiary alicyclic amines) is 1. The first-order valence-electron chi connectivity index (χ1n) is 17.5. The lowest BCUT2D eigenvalue weighted by Crippen LogP contribution is -2.58. The summed E-state index contributed by atoms with van der Waals surface area (Å²) in [6, 6.07) is 8.88. The molecule has 3 amide bonds. The van der Waals surface area contributed by atoms with Crippen LogP contribution in [0.15, 0.2) is 48.1 Å². The predicted molar refractivity (Wildman–Crippen MR) is 197 cm³/mol. The number of aliphatic hydroxyl groups excluding tert-OH is 1. The van der Waals surface area contributed by atoms with Crippen LogP contribution in [0.4, 0.5) is 5.82 Å². The van der Waals surface area contributed by atoms with Crippen LogP contribution in [0.3, 0.4) is 0 Å². The van der Waals surface area contributed by atoms with Gasteiger partial charge in [-0.1, -0.05) is 45.0 Å². The summed E-state index contributed by atoms with van der Waals surface area (Å²) in [5.41, 5.74) is 4.20. The van der Waals surface area contributed by atoms with Crippen LogP contribution in [-0.2, 0) is 19.1 Å². The number of nitrogens with zero attached hydrogens (tertiary/aromatic N) is 5. The van der Waals surface area contributed by atoms with Gasteiger partial charge < -0.3 is 35.4 Å². The number of carboxylic acid groups (broad SMARTS) is 1. The Morgan fingerprint density at radius 1 is 1.04 bits per heavy atom. The van der Waals surface area contributed by atoms with E-state index in [9.17, 15) is 29.4 Å². The Bertz CT molecular complexity index is 1720. The van der Waals surface area contributed by atoms with E-state index in [1.54, 1.807) is 29.7 Å². The van der Waals surface area contributed by atoms with Crippen molar-refractivity contribution in [2.75, 3.05) is 57.4 Å². The highest BCUT2D eigenvalue weighted by Crippen LogP contribution is 2.29. The van der Waals surface area contributed by atoms with Crippen LogP contribution < -0.4 is 15.5 Å². The van der Waals surface area contributed by atoms with Gasteiger partial charge in [-0.3, -0.25) is 19.3 Å². The number of rotatable bonds is 13. The largest absolute Gasteiger partial charge is 0.478 e. The summed E-state index contributed by atoms with van der Waals surface area (Å²) in [5, 5.41) is 25.9. The number of ether oxygens (including phenoxy) is 1. The number of β-amino-alcohol motifs (C(OH)–C–C–N with tert-alkyl or cyclic N) is 1. The molecule has 0 saturated carbocycles. The number of thiazole rings is 1. The molecule has 280 valence electrons. The summed E-state index contributed by atoms with van der Waals surface area (Å²) in [5.74, 6) is -1.82. The fourth-order valence-electron chi connectivity index (χ4n) is 6.58. The number of nitrogens with one attached hydrogen (secondary N) is 2. The number of amides is 3. The lowest BCUT2D eigenvalue weighted by atomic mass is 9.85. The highest BCUT2D eigenvalue weighted by Gasteiger charge is 2.44. The van der Waals surface area contributed by atoms with Crippen molar-refractivity contribution in [1.29, 1.82) is 0 Å². The van der Waals surface area contributed by atoms with Crippen molar-refractivity contribution in [3.05, 3.63) is 64.9 Å². The number of aromatic nitrogens is 2. The number of carboxylic acids is 1. The molecule has 2 aliphatic rings. The van der Waals surface area contributed by atoms with Crippen molar-refractivity contribution < 1.29 is 34.1 Å².